The highest BCUT2D eigenvalue weighted by atomic mass is 32.2. The standard InChI is InChI=1S/C15H24FN5O3S/c1-24-14-13(16)12-17-15(18-14)19-6-5-9-21(11-10-19)25(22,23)20-7-3-2-4-8-20/h12H,2-11H2,1H3. The normalized spacial score (nSPS) is 21.1. The summed E-state index contributed by atoms with van der Waals surface area (Å²) in [5, 5.41) is 0. The van der Waals surface area contributed by atoms with E-state index in [0.29, 0.717) is 51.6 Å². The molecule has 2 fully saturated rings. The monoisotopic (exact) mass is 373 g/mol. The predicted molar refractivity (Wildman–Crippen MR) is 91.3 cm³/mol. The number of ether oxygens (including phenoxy) is 1. The number of halogens is 1. The van der Waals surface area contributed by atoms with Crippen molar-refractivity contribution in [2.75, 3.05) is 51.3 Å². The van der Waals surface area contributed by atoms with E-state index in [-0.39, 0.29) is 5.88 Å². The third-order valence-electron chi connectivity index (χ3n) is 4.60. The molecular formula is C15H24FN5O3S. The van der Waals surface area contributed by atoms with E-state index in [9.17, 15) is 12.8 Å². The van der Waals surface area contributed by atoms with Gasteiger partial charge in [0.2, 0.25) is 11.8 Å². The van der Waals surface area contributed by atoms with Gasteiger partial charge < -0.3 is 9.64 Å². The summed E-state index contributed by atoms with van der Waals surface area (Å²) in [6.07, 6.45) is 4.67. The minimum absolute atomic E-state index is 0.105. The maximum absolute atomic E-state index is 13.5. The first-order valence-corrected chi connectivity index (χ1v) is 9.99. The molecule has 2 aliphatic rings. The predicted octanol–water partition coefficient (Wildman–Crippen LogP) is 0.867. The number of piperidine rings is 1. The second-order valence-electron chi connectivity index (χ2n) is 6.23. The second kappa shape index (κ2) is 7.79. The molecule has 0 bridgehead atoms. The van der Waals surface area contributed by atoms with Gasteiger partial charge in [-0.3, -0.25) is 0 Å². The number of rotatable bonds is 4. The largest absolute Gasteiger partial charge is 0.479 e. The van der Waals surface area contributed by atoms with Gasteiger partial charge in [-0.1, -0.05) is 6.42 Å². The summed E-state index contributed by atoms with van der Waals surface area (Å²) in [6.45, 7) is 3.10. The van der Waals surface area contributed by atoms with Crippen LogP contribution in [0.5, 0.6) is 5.88 Å². The summed E-state index contributed by atoms with van der Waals surface area (Å²) in [6, 6.07) is 0. The van der Waals surface area contributed by atoms with Crippen molar-refractivity contribution in [2.45, 2.75) is 25.7 Å². The fourth-order valence-corrected chi connectivity index (χ4v) is 4.94. The van der Waals surface area contributed by atoms with E-state index in [2.05, 4.69) is 9.97 Å². The average Bonchev–Trinajstić information content (AvgIpc) is 2.89. The van der Waals surface area contributed by atoms with Gasteiger partial charge in [0.05, 0.1) is 13.3 Å². The zero-order chi connectivity index (χ0) is 17.9. The molecule has 25 heavy (non-hydrogen) atoms. The van der Waals surface area contributed by atoms with Crippen molar-refractivity contribution in [3.63, 3.8) is 0 Å². The quantitative estimate of drug-likeness (QED) is 0.779. The van der Waals surface area contributed by atoms with E-state index in [1.807, 2.05) is 4.90 Å². The smallest absolute Gasteiger partial charge is 0.282 e. The molecule has 3 heterocycles. The van der Waals surface area contributed by atoms with E-state index in [1.54, 1.807) is 8.61 Å². The molecule has 1 aromatic heterocycles. The van der Waals surface area contributed by atoms with E-state index in [0.717, 1.165) is 25.5 Å². The van der Waals surface area contributed by atoms with Gasteiger partial charge in [-0.2, -0.15) is 26.4 Å². The van der Waals surface area contributed by atoms with Crippen LogP contribution >= 0.6 is 0 Å². The van der Waals surface area contributed by atoms with Crippen LogP contribution in [-0.4, -0.2) is 73.4 Å². The molecule has 10 heteroatoms. The third-order valence-corrected chi connectivity index (χ3v) is 6.63. The van der Waals surface area contributed by atoms with Crippen LogP contribution in [0.4, 0.5) is 10.3 Å². The van der Waals surface area contributed by atoms with Crippen LogP contribution in [-0.2, 0) is 10.2 Å². The van der Waals surface area contributed by atoms with Crippen LogP contribution in [0.1, 0.15) is 25.7 Å². The molecule has 0 amide bonds. The molecule has 0 unspecified atom stereocenters. The third kappa shape index (κ3) is 4.01. The van der Waals surface area contributed by atoms with Gasteiger partial charge in [0.1, 0.15) is 0 Å². The van der Waals surface area contributed by atoms with Crippen molar-refractivity contribution in [1.29, 1.82) is 0 Å². The van der Waals surface area contributed by atoms with E-state index in [4.69, 9.17) is 4.74 Å². The number of nitrogens with zero attached hydrogens (tertiary/aromatic N) is 5. The highest BCUT2D eigenvalue weighted by Crippen LogP contribution is 2.21. The Morgan fingerprint density at radius 3 is 2.40 bits per heavy atom. The average molecular weight is 373 g/mol. The van der Waals surface area contributed by atoms with Crippen molar-refractivity contribution in [2.24, 2.45) is 0 Å². The zero-order valence-corrected chi connectivity index (χ0v) is 15.2. The fourth-order valence-electron chi connectivity index (χ4n) is 3.22. The topological polar surface area (TPSA) is 78.9 Å². The molecule has 0 aliphatic carbocycles. The highest BCUT2D eigenvalue weighted by molar-refractivity contribution is 7.86. The highest BCUT2D eigenvalue weighted by Gasteiger charge is 2.32. The lowest BCUT2D eigenvalue weighted by atomic mass is 10.2. The first kappa shape index (κ1) is 18.3. The maximum Gasteiger partial charge on any atom is 0.282 e. The SMILES string of the molecule is COc1nc(N2CCCN(S(=O)(=O)N3CCCCC3)CC2)ncc1F. The molecule has 2 saturated heterocycles. The minimum atomic E-state index is -3.42. The fraction of sp³-hybridized carbons (Fsp3) is 0.733. The lowest BCUT2D eigenvalue weighted by Crippen LogP contribution is -2.47. The Morgan fingerprint density at radius 2 is 1.68 bits per heavy atom. The molecular weight excluding hydrogens is 349 g/mol. The molecule has 2 aliphatic heterocycles. The van der Waals surface area contributed by atoms with Crippen molar-refractivity contribution in [1.82, 2.24) is 18.6 Å². The van der Waals surface area contributed by atoms with Crippen molar-refractivity contribution in [3.8, 4) is 5.88 Å². The van der Waals surface area contributed by atoms with Crippen LogP contribution < -0.4 is 9.64 Å². The molecule has 0 spiro atoms. The summed E-state index contributed by atoms with van der Waals surface area (Å²) in [5.41, 5.74) is 0. The van der Waals surface area contributed by atoms with Gasteiger partial charge in [0.15, 0.2) is 0 Å². The van der Waals surface area contributed by atoms with Gasteiger partial charge in [-0.25, -0.2) is 4.98 Å². The number of anilines is 1. The lowest BCUT2D eigenvalue weighted by molar-refractivity contribution is 0.307. The molecule has 0 radical (unpaired) electrons. The first-order valence-electron chi connectivity index (χ1n) is 8.59. The van der Waals surface area contributed by atoms with Gasteiger partial charge in [0.25, 0.3) is 16.1 Å². The Hall–Kier alpha value is -1.52. The Morgan fingerprint density at radius 1 is 1.00 bits per heavy atom. The Balaban J connectivity index is 1.70. The van der Waals surface area contributed by atoms with Gasteiger partial charge >= 0.3 is 0 Å². The molecule has 140 valence electrons. The van der Waals surface area contributed by atoms with E-state index < -0.39 is 16.0 Å². The second-order valence-corrected chi connectivity index (χ2v) is 8.16. The first-order chi connectivity index (χ1) is 12.0. The molecule has 0 saturated carbocycles. The molecule has 0 atom stereocenters. The lowest BCUT2D eigenvalue weighted by Gasteiger charge is -2.31. The zero-order valence-electron chi connectivity index (χ0n) is 14.4. The van der Waals surface area contributed by atoms with Crippen molar-refractivity contribution >= 4 is 16.2 Å². The van der Waals surface area contributed by atoms with Gasteiger partial charge in [0, 0.05) is 39.3 Å². The van der Waals surface area contributed by atoms with Crippen LogP contribution in [0.25, 0.3) is 0 Å². The minimum Gasteiger partial charge on any atom is -0.479 e. The number of hydrogen-bond donors (Lipinski definition) is 0. The Kier molecular flexibility index (Phi) is 5.70. The van der Waals surface area contributed by atoms with Crippen LogP contribution in [0.2, 0.25) is 0 Å². The Labute approximate surface area is 147 Å². The van der Waals surface area contributed by atoms with Crippen LogP contribution in [0, 0.1) is 5.82 Å². The summed E-state index contributed by atoms with van der Waals surface area (Å²) >= 11 is 0. The number of aromatic nitrogens is 2. The van der Waals surface area contributed by atoms with Crippen molar-refractivity contribution in [3.05, 3.63) is 12.0 Å². The molecule has 3 rings (SSSR count). The summed E-state index contributed by atoms with van der Waals surface area (Å²) in [4.78, 5) is 9.95. The molecule has 0 N–H and O–H groups in total. The van der Waals surface area contributed by atoms with Crippen LogP contribution in [0.15, 0.2) is 6.20 Å². The van der Waals surface area contributed by atoms with Gasteiger partial charge in [-0.15, -0.1) is 0 Å². The number of hydrogen-bond acceptors (Lipinski definition) is 6. The van der Waals surface area contributed by atoms with Crippen molar-refractivity contribution < 1.29 is 17.5 Å². The van der Waals surface area contributed by atoms with E-state index >= 15 is 0 Å². The van der Waals surface area contributed by atoms with Gasteiger partial charge in [-0.05, 0) is 19.3 Å². The summed E-state index contributed by atoms with van der Waals surface area (Å²) < 4.78 is 47.1. The number of methoxy groups -OCH3 is 1. The van der Waals surface area contributed by atoms with Crippen LogP contribution in [0.3, 0.4) is 0 Å². The van der Waals surface area contributed by atoms with E-state index in [1.165, 1.54) is 7.11 Å². The maximum atomic E-state index is 13.5. The summed E-state index contributed by atoms with van der Waals surface area (Å²) in [7, 11) is -2.07. The Bertz CT molecular complexity index is 696. The summed E-state index contributed by atoms with van der Waals surface area (Å²) in [5.74, 6) is -0.363. The molecule has 8 nitrogen and oxygen atoms in total. The molecule has 0 aromatic carbocycles. The molecule has 1 aromatic rings.